The van der Waals surface area contributed by atoms with Gasteiger partial charge in [-0.25, -0.2) is 4.98 Å². The van der Waals surface area contributed by atoms with E-state index >= 15 is 0 Å². The Morgan fingerprint density at radius 3 is 2.74 bits per heavy atom. The van der Waals surface area contributed by atoms with Crippen molar-refractivity contribution in [2.45, 2.75) is 45.6 Å². The van der Waals surface area contributed by atoms with Crippen LogP contribution in [0, 0.1) is 0 Å². The van der Waals surface area contributed by atoms with E-state index in [1.165, 1.54) is 6.07 Å². The first-order valence-electron chi connectivity index (χ1n) is 6.55. The zero-order valence-electron chi connectivity index (χ0n) is 11.7. The highest BCUT2D eigenvalue weighted by Gasteiger charge is 2.20. The zero-order valence-corrected chi connectivity index (χ0v) is 12.4. The highest BCUT2D eigenvalue weighted by Crippen LogP contribution is 2.13. The molecule has 1 aromatic rings. The molecule has 19 heavy (non-hydrogen) atoms. The number of hydrogen-bond donors (Lipinski definition) is 2. The molecule has 106 valence electrons. The number of hydrogen-bond acceptors (Lipinski definition) is 3. The van der Waals surface area contributed by atoms with Gasteiger partial charge in [0.15, 0.2) is 0 Å². The molecule has 4 nitrogen and oxygen atoms in total. The monoisotopic (exact) mass is 284 g/mol. The third-order valence-electron chi connectivity index (χ3n) is 2.89. The van der Waals surface area contributed by atoms with Crippen LogP contribution in [0.1, 0.15) is 49.7 Å². The van der Waals surface area contributed by atoms with Gasteiger partial charge in [-0.05, 0) is 31.9 Å². The van der Waals surface area contributed by atoms with Gasteiger partial charge in [0.25, 0.3) is 5.91 Å². The Morgan fingerprint density at radius 1 is 1.47 bits per heavy atom. The van der Waals surface area contributed by atoms with Gasteiger partial charge in [0, 0.05) is 17.8 Å². The van der Waals surface area contributed by atoms with Gasteiger partial charge >= 0.3 is 0 Å². The average molecular weight is 285 g/mol. The Kier molecular flexibility index (Phi) is 5.76. The molecule has 1 amide bonds. The number of amides is 1. The number of aliphatic hydroxyl groups is 1. The highest BCUT2D eigenvalue weighted by molar-refractivity contribution is 6.29. The fourth-order valence-corrected chi connectivity index (χ4v) is 2.09. The fourth-order valence-electron chi connectivity index (χ4n) is 1.86. The van der Waals surface area contributed by atoms with Crippen molar-refractivity contribution in [3.05, 3.63) is 28.5 Å². The van der Waals surface area contributed by atoms with Gasteiger partial charge in [0.2, 0.25) is 0 Å². The molecule has 0 fully saturated rings. The second kappa shape index (κ2) is 6.87. The summed E-state index contributed by atoms with van der Waals surface area (Å²) in [5.74, 6) is -0.240. The van der Waals surface area contributed by atoms with E-state index in [9.17, 15) is 9.90 Å². The molecule has 1 heterocycles. The number of nitrogens with one attached hydrogen (secondary N) is 1. The van der Waals surface area contributed by atoms with Crippen LogP contribution in [0.2, 0.25) is 5.15 Å². The number of nitrogens with zero attached hydrogens (tertiary/aromatic N) is 1. The molecule has 0 aliphatic carbocycles. The first kappa shape index (κ1) is 15.9. The lowest BCUT2D eigenvalue weighted by atomic mass is 10.0. The van der Waals surface area contributed by atoms with Crippen LogP contribution in [0.3, 0.4) is 0 Å². The molecule has 0 aliphatic heterocycles. The van der Waals surface area contributed by atoms with E-state index in [0.717, 1.165) is 12.1 Å². The lowest BCUT2D eigenvalue weighted by Gasteiger charge is -2.22. The Balaban J connectivity index is 2.71. The predicted molar refractivity (Wildman–Crippen MR) is 76.5 cm³/mol. The SMILES string of the molecule is CCCC(C)(O)CNC(=O)c1cc(Cl)nc(CC)c1. The first-order chi connectivity index (χ1) is 8.88. The molecule has 0 bridgehead atoms. The molecule has 1 unspecified atom stereocenters. The number of aryl methyl sites for hydroxylation is 1. The van der Waals surface area contributed by atoms with Crippen LogP contribution in [-0.4, -0.2) is 28.1 Å². The van der Waals surface area contributed by atoms with Gasteiger partial charge < -0.3 is 10.4 Å². The molecule has 0 saturated heterocycles. The van der Waals surface area contributed by atoms with Crippen molar-refractivity contribution < 1.29 is 9.90 Å². The molecule has 0 aromatic carbocycles. The average Bonchev–Trinajstić information content (AvgIpc) is 2.35. The third kappa shape index (κ3) is 5.17. The summed E-state index contributed by atoms with van der Waals surface area (Å²) in [7, 11) is 0. The number of rotatable bonds is 6. The van der Waals surface area contributed by atoms with Crippen LogP contribution in [0.15, 0.2) is 12.1 Å². The second-order valence-electron chi connectivity index (χ2n) is 4.95. The lowest BCUT2D eigenvalue weighted by molar-refractivity contribution is 0.0469. The summed E-state index contributed by atoms with van der Waals surface area (Å²) in [6.45, 7) is 5.88. The standard InChI is InChI=1S/C14H21ClN2O2/c1-4-6-14(3,19)9-16-13(18)10-7-11(5-2)17-12(15)8-10/h7-8,19H,4-6,9H2,1-3H3,(H,16,18). The molecular formula is C14H21ClN2O2. The Hall–Kier alpha value is -1.13. The van der Waals surface area contributed by atoms with Crippen LogP contribution >= 0.6 is 11.6 Å². The van der Waals surface area contributed by atoms with Crippen molar-refractivity contribution >= 4 is 17.5 Å². The number of aromatic nitrogens is 1. The van der Waals surface area contributed by atoms with E-state index in [1.807, 2.05) is 13.8 Å². The van der Waals surface area contributed by atoms with E-state index in [2.05, 4.69) is 10.3 Å². The van der Waals surface area contributed by atoms with Gasteiger partial charge in [-0.1, -0.05) is 31.9 Å². The first-order valence-corrected chi connectivity index (χ1v) is 6.93. The topological polar surface area (TPSA) is 62.2 Å². The van der Waals surface area contributed by atoms with Crippen molar-refractivity contribution in [2.75, 3.05) is 6.54 Å². The van der Waals surface area contributed by atoms with E-state index in [4.69, 9.17) is 11.6 Å². The van der Waals surface area contributed by atoms with E-state index in [-0.39, 0.29) is 12.5 Å². The summed E-state index contributed by atoms with van der Waals surface area (Å²) in [5, 5.41) is 13.0. The van der Waals surface area contributed by atoms with E-state index in [0.29, 0.717) is 23.6 Å². The summed E-state index contributed by atoms with van der Waals surface area (Å²) in [6.07, 6.45) is 2.23. The molecule has 2 N–H and O–H groups in total. The summed E-state index contributed by atoms with van der Waals surface area (Å²) in [4.78, 5) is 16.1. The predicted octanol–water partition coefficient (Wildman–Crippen LogP) is 2.58. The molecule has 5 heteroatoms. The van der Waals surface area contributed by atoms with Crippen molar-refractivity contribution in [1.29, 1.82) is 0 Å². The molecular weight excluding hydrogens is 264 g/mol. The van der Waals surface area contributed by atoms with Gasteiger partial charge in [0.05, 0.1) is 5.60 Å². The number of halogens is 1. The summed E-state index contributed by atoms with van der Waals surface area (Å²) >= 11 is 5.87. The van der Waals surface area contributed by atoms with Crippen molar-refractivity contribution in [3.8, 4) is 0 Å². The fraction of sp³-hybridized carbons (Fsp3) is 0.571. The van der Waals surface area contributed by atoms with Crippen LogP contribution in [0.5, 0.6) is 0 Å². The number of carbonyl (C=O) groups excluding carboxylic acids is 1. The minimum absolute atomic E-state index is 0.223. The van der Waals surface area contributed by atoms with Crippen LogP contribution in [0.25, 0.3) is 0 Å². The molecule has 0 saturated carbocycles. The summed E-state index contributed by atoms with van der Waals surface area (Å²) in [5.41, 5.74) is 0.372. The maximum atomic E-state index is 12.0. The molecule has 0 radical (unpaired) electrons. The smallest absolute Gasteiger partial charge is 0.251 e. The minimum Gasteiger partial charge on any atom is -0.388 e. The normalized spacial score (nSPS) is 13.9. The third-order valence-corrected chi connectivity index (χ3v) is 3.08. The van der Waals surface area contributed by atoms with Gasteiger partial charge in [-0.3, -0.25) is 4.79 Å². The molecule has 1 rings (SSSR count). The van der Waals surface area contributed by atoms with Crippen LogP contribution in [0.4, 0.5) is 0 Å². The number of carbonyl (C=O) groups is 1. The second-order valence-corrected chi connectivity index (χ2v) is 5.34. The Labute approximate surface area is 119 Å². The quantitative estimate of drug-likeness (QED) is 0.789. The number of pyridine rings is 1. The van der Waals surface area contributed by atoms with Crippen molar-refractivity contribution in [2.24, 2.45) is 0 Å². The van der Waals surface area contributed by atoms with Crippen LogP contribution in [-0.2, 0) is 6.42 Å². The summed E-state index contributed by atoms with van der Waals surface area (Å²) < 4.78 is 0. The largest absolute Gasteiger partial charge is 0.388 e. The molecule has 1 aromatic heterocycles. The van der Waals surface area contributed by atoms with E-state index < -0.39 is 5.60 Å². The van der Waals surface area contributed by atoms with Gasteiger partial charge in [-0.15, -0.1) is 0 Å². The molecule has 1 atom stereocenters. The van der Waals surface area contributed by atoms with Gasteiger partial charge in [-0.2, -0.15) is 0 Å². The summed E-state index contributed by atoms with van der Waals surface area (Å²) in [6, 6.07) is 3.25. The van der Waals surface area contributed by atoms with Crippen molar-refractivity contribution in [3.63, 3.8) is 0 Å². The Morgan fingerprint density at radius 2 is 2.16 bits per heavy atom. The molecule has 0 spiro atoms. The zero-order chi connectivity index (χ0) is 14.5. The van der Waals surface area contributed by atoms with Gasteiger partial charge in [0.1, 0.15) is 5.15 Å². The molecule has 0 aliphatic rings. The maximum Gasteiger partial charge on any atom is 0.251 e. The maximum absolute atomic E-state index is 12.0. The van der Waals surface area contributed by atoms with Crippen molar-refractivity contribution in [1.82, 2.24) is 10.3 Å². The lowest BCUT2D eigenvalue weighted by Crippen LogP contribution is -2.40. The Bertz CT molecular complexity index is 447. The minimum atomic E-state index is -0.880. The van der Waals surface area contributed by atoms with E-state index in [1.54, 1.807) is 13.0 Å². The van der Waals surface area contributed by atoms with Crippen LogP contribution < -0.4 is 5.32 Å². The highest BCUT2D eigenvalue weighted by atomic mass is 35.5.